The second kappa shape index (κ2) is 6.92. The van der Waals surface area contributed by atoms with Crippen LogP contribution in [0.15, 0.2) is 24.3 Å². The van der Waals surface area contributed by atoms with Gasteiger partial charge in [-0.1, -0.05) is 44.5 Å². The van der Waals surface area contributed by atoms with Crippen LogP contribution in [0.2, 0.25) is 5.02 Å². The van der Waals surface area contributed by atoms with Crippen molar-refractivity contribution in [3.05, 3.63) is 34.9 Å². The topological polar surface area (TPSA) is 41.1 Å². The van der Waals surface area contributed by atoms with Crippen LogP contribution in [0.5, 0.6) is 0 Å². The third kappa shape index (κ3) is 4.84. The van der Waals surface area contributed by atoms with Gasteiger partial charge in [-0.2, -0.15) is 0 Å². The Balaban J connectivity index is 2.60. The SMILES string of the molecule is CNCC(C)C(=O)NCC(C)(C)c1ccc(Cl)cc1. The molecule has 0 saturated heterocycles. The maximum Gasteiger partial charge on any atom is 0.224 e. The number of carbonyl (C=O) groups is 1. The molecule has 1 amide bonds. The summed E-state index contributed by atoms with van der Waals surface area (Å²) in [6.45, 7) is 7.44. The Morgan fingerprint density at radius 2 is 1.89 bits per heavy atom. The van der Waals surface area contributed by atoms with Gasteiger partial charge in [-0.3, -0.25) is 4.79 Å². The fourth-order valence-electron chi connectivity index (χ4n) is 1.88. The zero-order valence-electron chi connectivity index (χ0n) is 12.1. The second-order valence-electron chi connectivity index (χ2n) is 5.57. The van der Waals surface area contributed by atoms with Crippen LogP contribution < -0.4 is 10.6 Å². The Kier molecular flexibility index (Phi) is 5.83. The van der Waals surface area contributed by atoms with Crippen molar-refractivity contribution >= 4 is 17.5 Å². The van der Waals surface area contributed by atoms with E-state index in [4.69, 9.17) is 11.6 Å². The monoisotopic (exact) mass is 282 g/mol. The van der Waals surface area contributed by atoms with E-state index >= 15 is 0 Å². The van der Waals surface area contributed by atoms with Gasteiger partial charge in [0.2, 0.25) is 5.91 Å². The van der Waals surface area contributed by atoms with E-state index in [-0.39, 0.29) is 17.2 Å². The lowest BCUT2D eigenvalue weighted by Crippen LogP contribution is -2.41. The molecule has 2 N–H and O–H groups in total. The highest BCUT2D eigenvalue weighted by Gasteiger charge is 2.22. The molecule has 1 atom stereocenters. The van der Waals surface area contributed by atoms with Crippen molar-refractivity contribution in [2.24, 2.45) is 5.92 Å². The van der Waals surface area contributed by atoms with Crippen molar-refractivity contribution < 1.29 is 4.79 Å². The number of amides is 1. The van der Waals surface area contributed by atoms with Crippen LogP contribution in [-0.4, -0.2) is 26.0 Å². The number of carbonyl (C=O) groups excluding carboxylic acids is 1. The van der Waals surface area contributed by atoms with Crippen LogP contribution in [0, 0.1) is 5.92 Å². The summed E-state index contributed by atoms with van der Waals surface area (Å²) in [5.41, 5.74) is 1.05. The molecular formula is C15H23ClN2O. The summed E-state index contributed by atoms with van der Waals surface area (Å²) < 4.78 is 0. The summed E-state index contributed by atoms with van der Waals surface area (Å²) in [4.78, 5) is 11.9. The largest absolute Gasteiger partial charge is 0.355 e. The first-order chi connectivity index (χ1) is 8.86. The van der Waals surface area contributed by atoms with Crippen LogP contribution in [0.4, 0.5) is 0 Å². The Bertz CT molecular complexity index is 415. The summed E-state index contributed by atoms with van der Waals surface area (Å²) in [6, 6.07) is 7.77. The Morgan fingerprint density at radius 1 is 1.32 bits per heavy atom. The molecule has 0 spiro atoms. The molecule has 0 aromatic heterocycles. The molecule has 0 radical (unpaired) electrons. The standard InChI is InChI=1S/C15H23ClN2O/c1-11(9-17-4)14(19)18-10-15(2,3)12-5-7-13(16)8-6-12/h5-8,11,17H,9-10H2,1-4H3,(H,18,19). The first-order valence-electron chi connectivity index (χ1n) is 6.55. The van der Waals surface area contributed by atoms with Gasteiger partial charge in [0.1, 0.15) is 0 Å². The van der Waals surface area contributed by atoms with E-state index in [1.807, 2.05) is 38.2 Å². The number of halogens is 1. The summed E-state index contributed by atoms with van der Waals surface area (Å²) in [5, 5.41) is 6.74. The van der Waals surface area contributed by atoms with Crippen molar-refractivity contribution in [1.29, 1.82) is 0 Å². The highest BCUT2D eigenvalue weighted by molar-refractivity contribution is 6.30. The molecular weight excluding hydrogens is 260 g/mol. The molecule has 1 aromatic carbocycles. The van der Waals surface area contributed by atoms with Crippen LogP contribution in [0.1, 0.15) is 26.3 Å². The van der Waals surface area contributed by atoms with Crippen molar-refractivity contribution in [3.8, 4) is 0 Å². The van der Waals surface area contributed by atoms with Crippen LogP contribution >= 0.6 is 11.6 Å². The smallest absolute Gasteiger partial charge is 0.224 e. The third-order valence-electron chi connectivity index (χ3n) is 3.29. The van der Waals surface area contributed by atoms with Crippen LogP contribution in [0.3, 0.4) is 0 Å². The number of hydrogen-bond acceptors (Lipinski definition) is 2. The number of hydrogen-bond donors (Lipinski definition) is 2. The van der Waals surface area contributed by atoms with E-state index in [2.05, 4.69) is 24.5 Å². The number of rotatable bonds is 6. The Labute approximate surface area is 120 Å². The van der Waals surface area contributed by atoms with E-state index < -0.39 is 0 Å². The fourth-order valence-corrected chi connectivity index (χ4v) is 2.01. The Hall–Kier alpha value is -1.06. The van der Waals surface area contributed by atoms with Crippen molar-refractivity contribution in [1.82, 2.24) is 10.6 Å². The van der Waals surface area contributed by atoms with Gasteiger partial charge in [0, 0.05) is 29.4 Å². The lowest BCUT2D eigenvalue weighted by Gasteiger charge is -2.26. The minimum atomic E-state index is -0.111. The molecule has 3 nitrogen and oxygen atoms in total. The van der Waals surface area contributed by atoms with Gasteiger partial charge in [0.25, 0.3) is 0 Å². The quantitative estimate of drug-likeness (QED) is 0.842. The summed E-state index contributed by atoms with van der Waals surface area (Å²) >= 11 is 5.89. The molecule has 0 bridgehead atoms. The molecule has 1 aromatic rings. The number of nitrogens with one attached hydrogen (secondary N) is 2. The first kappa shape index (κ1) is 16.0. The van der Waals surface area contributed by atoms with E-state index in [1.54, 1.807) is 0 Å². The van der Waals surface area contributed by atoms with E-state index in [1.165, 1.54) is 5.56 Å². The van der Waals surface area contributed by atoms with Crippen LogP contribution in [0.25, 0.3) is 0 Å². The van der Waals surface area contributed by atoms with Gasteiger partial charge < -0.3 is 10.6 Å². The van der Waals surface area contributed by atoms with Gasteiger partial charge in [0.15, 0.2) is 0 Å². The van der Waals surface area contributed by atoms with Crippen LogP contribution in [-0.2, 0) is 10.2 Å². The maximum absolute atomic E-state index is 11.9. The summed E-state index contributed by atoms with van der Waals surface area (Å²) in [6.07, 6.45) is 0. The molecule has 0 fully saturated rings. The van der Waals surface area contributed by atoms with Gasteiger partial charge in [-0.15, -0.1) is 0 Å². The molecule has 19 heavy (non-hydrogen) atoms. The molecule has 106 valence electrons. The molecule has 0 aliphatic heterocycles. The van der Waals surface area contributed by atoms with E-state index in [9.17, 15) is 4.79 Å². The predicted molar refractivity (Wildman–Crippen MR) is 80.6 cm³/mol. The average Bonchev–Trinajstić information content (AvgIpc) is 2.37. The number of benzene rings is 1. The van der Waals surface area contributed by atoms with Gasteiger partial charge in [-0.25, -0.2) is 0 Å². The molecule has 0 aliphatic rings. The lowest BCUT2D eigenvalue weighted by molar-refractivity contribution is -0.124. The highest BCUT2D eigenvalue weighted by atomic mass is 35.5. The highest BCUT2D eigenvalue weighted by Crippen LogP contribution is 2.23. The van der Waals surface area contributed by atoms with E-state index in [0.717, 1.165) is 5.02 Å². The van der Waals surface area contributed by atoms with Gasteiger partial charge in [-0.05, 0) is 24.7 Å². The third-order valence-corrected chi connectivity index (χ3v) is 3.54. The predicted octanol–water partition coefficient (Wildman–Crippen LogP) is 2.59. The van der Waals surface area contributed by atoms with Gasteiger partial charge in [0.05, 0.1) is 0 Å². The summed E-state index contributed by atoms with van der Waals surface area (Å²) in [7, 11) is 1.85. The molecule has 0 heterocycles. The normalized spacial score (nSPS) is 13.1. The molecule has 1 rings (SSSR count). The van der Waals surface area contributed by atoms with E-state index in [0.29, 0.717) is 13.1 Å². The maximum atomic E-state index is 11.9. The Morgan fingerprint density at radius 3 is 2.42 bits per heavy atom. The first-order valence-corrected chi connectivity index (χ1v) is 6.93. The lowest BCUT2D eigenvalue weighted by atomic mass is 9.84. The van der Waals surface area contributed by atoms with Crippen molar-refractivity contribution in [2.75, 3.05) is 20.1 Å². The van der Waals surface area contributed by atoms with Gasteiger partial charge >= 0.3 is 0 Å². The minimum absolute atomic E-state index is 0.0222. The van der Waals surface area contributed by atoms with Crippen molar-refractivity contribution in [3.63, 3.8) is 0 Å². The average molecular weight is 283 g/mol. The molecule has 1 unspecified atom stereocenters. The zero-order valence-corrected chi connectivity index (χ0v) is 12.8. The fraction of sp³-hybridized carbons (Fsp3) is 0.533. The van der Waals surface area contributed by atoms with Crippen molar-refractivity contribution in [2.45, 2.75) is 26.2 Å². The molecule has 4 heteroatoms. The minimum Gasteiger partial charge on any atom is -0.355 e. The molecule has 0 aliphatic carbocycles. The summed E-state index contributed by atoms with van der Waals surface area (Å²) in [5.74, 6) is 0.0578. The zero-order chi connectivity index (χ0) is 14.5. The second-order valence-corrected chi connectivity index (χ2v) is 6.00. The molecule has 0 saturated carbocycles.